The minimum atomic E-state index is 0.453. The lowest BCUT2D eigenvalue weighted by Gasteiger charge is -2.06. The molecule has 102 valence electrons. The van der Waals surface area contributed by atoms with Gasteiger partial charge in [-0.1, -0.05) is 12.1 Å². The molecule has 0 radical (unpaired) electrons. The van der Waals surface area contributed by atoms with E-state index in [2.05, 4.69) is 20.4 Å². The largest absolute Gasteiger partial charge is 0.497 e. The molecule has 0 aliphatic rings. The molecule has 0 aliphatic heterocycles. The maximum atomic E-state index is 6.01. The van der Waals surface area contributed by atoms with Crippen LogP contribution in [-0.2, 0) is 0 Å². The maximum Gasteiger partial charge on any atom is 0.153 e. The quantitative estimate of drug-likeness (QED) is 0.680. The molecular weight excluding hydrogens is 254 g/mol. The second-order valence-electron chi connectivity index (χ2n) is 4.50. The monoisotopic (exact) mass is 269 g/mol. The van der Waals surface area contributed by atoms with Crippen LogP contribution in [0.1, 0.15) is 5.69 Å². The summed E-state index contributed by atoms with van der Waals surface area (Å²) in [5.74, 6) is 1.23. The van der Waals surface area contributed by atoms with Gasteiger partial charge in [0.05, 0.1) is 24.6 Å². The molecule has 3 rings (SSSR count). The van der Waals surface area contributed by atoms with Crippen LogP contribution in [0.4, 0.5) is 5.82 Å². The van der Waals surface area contributed by atoms with Crippen LogP contribution in [-0.4, -0.2) is 27.5 Å². The number of ether oxygens (including phenoxy) is 1. The van der Waals surface area contributed by atoms with Crippen molar-refractivity contribution in [3.05, 3.63) is 36.2 Å². The zero-order valence-electron chi connectivity index (χ0n) is 11.3. The van der Waals surface area contributed by atoms with Crippen LogP contribution < -0.4 is 10.5 Å². The van der Waals surface area contributed by atoms with E-state index >= 15 is 0 Å². The summed E-state index contributed by atoms with van der Waals surface area (Å²) in [7, 11) is 1.64. The molecule has 3 aromatic rings. The molecule has 0 saturated heterocycles. The van der Waals surface area contributed by atoms with Crippen molar-refractivity contribution in [1.29, 1.82) is 0 Å². The van der Waals surface area contributed by atoms with Gasteiger partial charge in [-0.2, -0.15) is 10.2 Å². The van der Waals surface area contributed by atoms with Crippen LogP contribution >= 0.6 is 0 Å². The molecule has 0 fully saturated rings. The van der Waals surface area contributed by atoms with E-state index in [4.69, 9.17) is 10.5 Å². The highest BCUT2D eigenvalue weighted by atomic mass is 16.5. The lowest BCUT2D eigenvalue weighted by molar-refractivity contribution is 0.415. The fourth-order valence-corrected chi connectivity index (χ4v) is 2.22. The van der Waals surface area contributed by atoms with Gasteiger partial charge in [0.25, 0.3) is 0 Å². The summed E-state index contributed by atoms with van der Waals surface area (Å²) in [5, 5.41) is 14.0. The third kappa shape index (κ3) is 1.91. The number of nitrogens with zero attached hydrogens (tertiary/aromatic N) is 2. The number of methoxy groups -OCH3 is 1. The summed E-state index contributed by atoms with van der Waals surface area (Å²) in [6.07, 6.45) is 1.76. The second kappa shape index (κ2) is 4.73. The van der Waals surface area contributed by atoms with Crippen molar-refractivity contribution in [2.45, 2.75) is 6.92 Å². The number of nitrogens with two attached hydrogens (primary N) is 1. The summed E-state index contributed by atoms with van der Waals surface area (Å²) < 4.78 is 5.26. The van der Waals surface area contributed by atoms with Crippen molar-refractivity contribution >= 4 is 5.82 Å². The molecule has 4 N–H and O–H groups in total. The minimum Gasteiger partial charge on any atom is -0.497 e. The first-order valence-corrected chi connectivity index (χ1v) is 6.19. The number of benzene rings is 1. The minimum absolute atomic E-state index is 0.453. The van der Waals surface area contributed by atoms with Gasteiger partial charge in [-0.05, 0) is 24.6 Å². The number of hydrogen-bond donors (Lipinski definition) is 3. The molecule has 0 atom stereocenters. The highest BCUT2D eigenvalue weighted by molar-refractivity contribution is 5.88. The molecule has 6 nitrogen and oxygen atoms in total. The smallest absolute Gasteiger partial charge is 0.153 e. The standard InChI is InChI=1S/C14H15N5O/c1-8-11(7-16-17-8)13-12(14(15)19-18-13)9-4-3-5-10(6-9)20-2/h3-7H,1-2H3,(H,16,17)(H3,15,18,19). The fraction of sp³-hybridized carbons (Fsp3) is 0.143. The Bertz CT molecular complexity index is 744. The van der Waals surface area contributed by atoms with Gasteiger partial charge in [0.15, 0.2) is 5.82 Å². The number of aromatic amines is 2. The lowest BCUT2D eigenvalue weighted by atomic mass is 10.0. The number of rotatable bonds is 3. The number of aromatic nitrogens is 4. The van der Waals surface area contributed by atoms with Crippen molar-refractivity contribution < 1.29 is 4.74 Å². The zero-order valence-corrected chi connectivity index (χ0v) is 11.3. The third-order valence-corrected chi connectivity index (χ3v) is 3.25. The first-order valence-electron chi connectivity index (χ1n) is 6.19. The van der Waals surface area contributed by atoms with E-state index in [-0.39, 0.29) is 0 Å². The lowest BCUT2D eigenvalue weighted by Crippen LogP contribution is -1.90. The average Bonchev–Trinajstić information content (AvgIpc) is 3.04. The molecule has 2 aromatic heterocycles. The maximum absolute atomic E-state index is 6.01. The van der Waals surface area contributed by atoms with Crippen molar-refractivity contribution in [2.75, 3.05) is 12.8 Å². The van der Waals surface area contributed by atoms with Crippen molar-refractivity contribution in [1.82, 2.24) is 20.4 Å². The fourth-order valence-electron chi connectivity index (χ4n) is 2.22. The Kier molecular flexibility index (Phi) is 2.90. The van der Waals surface area contributed by atoms with E-state index in [9.17, 15) is 0 Å². The summed E-state index contributed by atoms with van der Waals surface area (Å²) in [6, 6.07) is 7.72. The van der Waals surface area contributed by atoms with Gasteiger partial charge >= 0.3 is 0 Å². The van der Waals surface area contributed by atoms with E-state index in [1.54, 1.807) is 13.3 Å². The van der Waals surface area contributed by atoms with Crippen LogP contribution in [0.25, 0.3) is 22.4 Å². The van der Waals surface area contributed by atoms with Crippen molar-refractivity contribution in [3.63, 3.8) is 0 Å². The Hall–Kier alpha value is -2.76. The number of H-pyrrole nitrogens is 2. The van der Waals surface area contributed by atoms with Gasteiger partial charge in [0.2, 0.25) is 0 Å². The first-order chi connectivity index (χ1) is 9.70. The summed E-state index contributed by atoms with van der Waals surface area (Å²) in [4.78, 5) is 0. The number of anilines is 1. The Morgan fingerprint density at radius 2 is 2.10 bits per heavy atom. The summed E-state index contributed by atoms with van der Waals surface area (Å²) in [5.41, 5.74) is 10.6. The molecule has 20 heavy (non-hydrogen) atoms. The molecule has 0 unspecified atom stereocenters. The van der Waals surface area contributed by atoms with Crippen LogP contribution in [0.2, 0.25) is 0 Å². The summed E-state index contributed by atoms with van der Waals surface area (Å²) >= 11 is 0. The molecule has 0 spiro atoms. The molecule has 2 heterocycles. The van der Waals surface area contributed by atoms with Gasteiger partial charge in [0.1, 0.15) is 5.75 Å². The normalized spacial score (nSPS) is 10.7. The van der Waals surface area contributed by atoms with Gasteiger partial charge in [-0.15, -0.1) is 0 Å². The molecule has 0 amide bonds. The van der Waals surface area contributed by atoms with E-state index in [0.29, 0.717) is 5.82 Å². The SMILES string of the molecule is COc1cccc(-c2c(N)n[nH]c2-c2cn[nH]c2C)c1. The van der Waals surface area contributed by atoms with Gasteiger partial charge in [0, 0.05) is 11.3 Å². The second-order valence-corrected chi connectivity index (χ2v) is 4.50. The predicted octanol–water partition coefficient (Wildman–Crippen LogP) is 2.37. The molecule has 0 aliphatic carbocycles. The van der Waals surface area contributed by atoms with Gasteiger partial charge in [-0.25, -0.2) is 0 Å². The molecule has 6 heteroatoms. The highest BCUT2D eigenvalue weighted by Gasteiger charge is 2.17. The van der Waals surface area contributed by atoms with E-state index in [0.717, 1.165) is 33.8 Å². The van der Waals surface area contributed by atoms with Crippen molar-refractivity contribution in [2.24, 2.45) is 0 Å². The van der Waals surface area contributed by atoms with Gasteiger partial charge in [-0.3, -0.25) is 10.2 Å². The average molecular weight is 269 g/mol. The highest BCUT2D eigenvalue weighted by Crippen LogP contribution is 2.36. The number of nitrogen functional groups attached to an aromatic ring is 1. The van der Waals surface area contributed by atoms with Crippen LogP contribution in [0.15, 0.2) is 30.5 Å². The Balaban J connectivity index is 2.19. The summed E-state index contributed by atoms with van der Waals surface area (Å²) in [6.45, 7) is 1.95. The van der Waals surface area contributed by atoms with E-state index in [1.165, 1.54) is 0 Å². The topological polar surface area (TPSA) is 92.6 Å². The first kappa shape index (κ1) is 12.3. The number of nitrogens with one attached hydrogen (secondary N) is 2. The zero-order chi connectivity index (χ0) is 14.1. The van der Waals surface area contributed by atoms with E-state index in [1.807, 2.05) is 31.2 Å². The van der Waals surface area contributed by atoms with Crippen molar-refractivity contribution in [3.8, 4) is 28.1 Å². The molecule has 0 saturated carbocycles. The number of hydrogen-bond acceptors (Lipinski definition) is 4. The Morgan fingerprint density at radius 3 is 2.80 bits per heavy atom. The van der Waals surface area contributed by atoms with Crippen LogP contribution in [0, 0.1) is 6.92 Å². The van der Waals surface area contributed by atoms with Crippen LogP contribution in [0.3, 0.4) is 0 Å². The number of aryl methyl sites for hydroxylation is 1. The third-order valence-electron chi connectivity index (χ3n) is 3.25. The Morgan fingerprint density at radius 1 is 1.25 bits per heavy atom. The molecule has 1 aromatic carbocycles. The van der Waals surface area contributed by atoms with E-state index < -0.39 is 0 Å². The molecular formula is C14H15N5O. The van der Waals surface area contributed by atoms with Gasteiger partial charge < -0.3 is 10.5 Å². The predicted molar refractivity (Wildman–Crippen MR) is 77.3 cm³/mol. The molecule has 0 bridgehead atoms. The van der Waals surface area contributed by atoms with Crippen LogP contribution in [0.5, 0.6) is 5.75 Å². The Labute approximate surface area is 116 Å².